The number of alkyl halides is 1. The minimum atomic E-state index is 0.395. The summed E-state index contributed by atoms with van der Waals surface area (Å²) in [5.41, 5.74) is 1.48. The molecule has 0 atom stereocenters. The van der Waals surface area contributed by atoms with Crippen molar-refractivity contribution in [2.75, 3.05) is 18.0 Å². The normalized spacial score (nSPS) is 15.9. The van der Waals surface area contributed by atoms with Crippen LogP contribution in [0.1, 0.15) is 30.5 Å². The van der Waals surface area contributed by atoms with Gasteiger partial charge in [0.2, 0.25) is 0 Å². The molecule has 4 heteroatoms. The molecule has 0 bridgehead atoms. The van der Waals surface area contributed by atoms with E-state index in [4.69, 9.17) is 16.9 Å². The second-order valence-corrected chi connectivity index (χ2v) is 4.23. The van der Waals surface area contributed by atoms with Crippen LogP contribution in [0.15, 0.2) is 12.1 Å². The number of rotatable bonds is 2. The highest BCUT2D eigenvalue weighted by molar-refractivity contribution is 6.16. The van der Waals surface area contributed by atoms with Gasteiger partial charge >= 0.3 is 0 Å². The molecule has 1 aromatic heterocycles. The van der Waals surface area contributed by atoms with Crippen molar-refractivity contribution in [3.05, 3.63) is 23.4 Å². The lowest BCUT2D eigenvalue weighted by molar-refractivity contribution is 0.572. The lowest BCUT2D eigenvalue weighted by atomic mass is 10.1. The Balaban J connectivity index is 2.32. The summed E-state index contributed by atoms with van der Waals surface area (Å²) in [6, 6.07) is 5.83. The molecule has 2 heterocycles. The van der Waals surface area contributed by atoms with Crippen LogP contribution < -0.4 is 4.90 Å². The molecule has 1 aliphatic heterocycles. The number of hydrogen-bond donors (Lipinski definition) is 0. The Morgan fingerprint density at radius 1 is 1.31 bits per heavy atom. The Kier molecular flexibility index (Phi) is 3.63. The quantitative estimate of drug-likeness (QED) is 0.740. The maximum atomic E-state index is 9.06. The van der Waals surface area contributed by atoms with E-state index in [0.717, 1.165) is 24.6 Å². The molecule has 0 radical (unpaired) electrons. The molecule has 1 fully saturated rings. The monoisotopic (exact) mass is 235 g/mol. The van der Waals surface area contributed by atoms with E-state index >= 15 is 0 Å². The summed E-state index contributed by atoms with van der Waals surface area (Å²) in [7, 11) is 0. The summed E-state index contributed by atoms with van der Waals surface area (Å²) in [5.74, 6) is 1.20. The van der Waals surface area contributed by atoms with Gasteiger partial charge in [0, 0.05) is 13.1 Å². The Hall–Kier alpha value is -1.27. The van der Waals surface area contributed by atoms with Gasteiger partial charge in [0.1, 0.15) is 11.9 Å². The van der Waals surface area contributed by atoms with Crippen molar-refractivity contribution in [2.24, 2.45) is 0 Å². The molecule has 0 spiro atoms. The summed E-state index contributed by atoms with van der Waals surface area (Å²) >= 11 is 5.77. The number of nitrogens with zero attached hydrogens (tertiary/aromatic N) is 3. The summed E-state index contributed by atoms with van der Waals surface area (Å²) in [5, 5.41) is 9.06. The standard InChI is InChI=1S/C12H14ClN3/c13-8-11-5-4-10(9-14)12(15-11)16-6-2-1-3-7-16/h4-5H,1-3,6-8H2. The zero-order valence-corrected chi connectivity index (χ0v) is 9.87. The highest BCUT2D eigenvalue weighted by Crippen LogP contribution is 2.22. The summed E-state index contributed by atoms with van der Waals surface area (Å²) < 4.78 is 0. The molecule has 0 aromatic carbocycles. The first kappa shape index (κ1) is 11.2. The number of piperidine rings is 1. The van der Waals surface area contributed by atoms with Crippen LogP contribution >= 0.6 is 11.6 Å². The van der Waals surface area contributed by atoms with Crippen LogP contribution in [0.3, 0.4) is 0 Å². The van der Waals surface area contributed by atoms with Crippen LogP contribution in [0.5, 0.6) is 0 Å². The number of aromatic nitrogens is 1. The topological polar surface area (TPSA) is 39.9 Å². The van der Waals surface area contributed by atoms with Crippen LogP contribution in [0.25, 0.3) is 0 Å². The maximum absolute atomic E-state index is 9.06. The van der Waals surface area contributed by atoms with Gasteiger partial charge in [-0.05, 0) is 31.4 Å². The minimum Gasteiger partial charge on any atom is -0.356 e. The van der Waals surface area contributed by atoms with Crippen LogP contribution in [0.2, 0.25) is 0 Å². The van der Waals surface area contributed by atoms with E-state index in [1.165, 1.54) is 19.3 Å². The first-order valence-corrected chi connectivity index (χ1v) is 6.09. The Labute approximate surface area is 101 Å². The molecule has 0 amide bonds. The molecule has 0 saturated carbocycles. The van der Waals surface area contributed by atoms with E-state index in [0.29, 0.717) is 11.4 Å². The molecule has 1 aromatic rings. The molecular weight excluding hydrogens is 222 g/mol. The number of anilines is 1. The molecule has 3 nitrogen and oxygen atoms in total. The van der Waals surface area contributed by atoms with Gasteiger partial charge in [-0.3, -0.25) is 0 Å². The summed E-state index contributed by atoms with van der Waals surface area (Å²) in [4.78, 5) is 6.65. The average Bonchev–Trinajstić information content (AvgIpc) is 2.39. The van der Waals surface area contributed by atoms with Crippen molar-refractivity contribution < 1.29 is 0 Å². The number of pyridine rings is 1. The fourth-order valence-corrected chi connectivity index (χ4v) is 2.14. The second kappa shape index (κ2) is 5.18. The highest BCUT2D eigenvalue weighted by Gasteiger charge is 2.16. The zero-order valence-electron chi connectivity index (χ0n) is 9.12. The van der Waals surface area contributed by atoms with Crippen molar-refractivity contribution in [3.63, 3.8) is 0 Å². The van der Waals surface area contributed by atoms with Crippen LogP contribution in [-0.4, -0.2) is 18.1 Å². The van der Waals surface area contributed by atoms with Crippen LogP contribution in [0.4, 0.5) is 5.82 Å². The fraction of sp³-hybridized carbons (Fsp3) is 0.500. The third-order valence-electron chi connectivity index (χ3n) is 2.85. The van der Waals surface area contributed by atoms with Crippen molar-refractivity contribution in [1.29, 1.82) is 5.26 Å². The van der Waals surface area contributed by atoms with Crippen molar-refractivity contribution in [3.8, 4) is 6.07 Å². The van der Waals surface area contributed by atoms with Crippen molar-refractivity contribution >= 4 is 17.4 Å². The second-order valence-electron chi connectivity index (χ2n) is 3.97. The fourth-order valence-electron chi connectivity index (χ4n) is 2.00. The average molecular weight is 236 g/mol. The van der Waals surface area contributed by atoms with Gasteiger partial charge in [-0.2, -0.15) is 5.26 Å². The third-order valence-corrected chi connectivity index (χ3v) is 3.12. The maximum Gasteiger partial charge on any atom is 0.146 e. The molecule has 0 N–H and O–H groups in total. The molecule has 16 heavy (non-hydrogen) atoms. The van der Waals surface area contributed by atoms with Gasteiger partial charge in [-0.1, -0.05) is 0 Å². The molecule has 84 valence electrons. The number of halogens is 1. The minimum absolute atomic E-state index is 0.395. The lowest BCUT2D eigenvalue weighted by Crippen LogP contribution is -2.31. The zero-order chi connectivity index (χ0) is 11.4. The Morgan fingerprint density at radius 3 is 2.69 bits per heavy atom. The summed E-state index contributed by atoms with van der Waals surface area (Å²) in [6.45, 7) is 1.99. The SMILES string of the molecule is N#Cc1ccc(CCl)nc1N1CCCCC1. The molecule has 2 rings (SSSR count). The predicted molar refractivity (Wildman–Crippen MR) is 64.6 cm³/mol. The number of nitriles is 1. The first-order chi connectivity index (χ1) is 7.85. The smallest absolute Gasteiger partial charge is 0.146 e. The van der Waals surface area contributed by atoms with Gasteiger partial charge in [-0.15, -0.1) is 11.6 Å². The van der Waals surface area contributed by atoms with Crippen LogP contribution in [-0.2, 0) is 5.88 Å². The largest absolute Gasteiger partial charge is 0.356 e. The predicted octanol–water partition coefficient (Wildman–Crippen LogP) is 2.68. The van der Waals surface area contributed by atoms with E-state index in [2.05, 4.69) is 16.0 Å². The molecule has 1 saturated heterocycles. The lowest BCUT2D eigenvalue weighted by Gasteiger charge is -2.28. The van der Waals surface area contributed by atoms with Crippen molar-refractivity contribution in [1.82, 2.24) is 4.98 Å². The van der Waals surface area contributed by atoms with Gasteiger partial charge < -0.3 is 4.90 Å². The highest BCUT2D eigenvalue weighted by atomic mass is 35.5. The molecule has 1 aliphatic rings. The van der Waals surface area contributed by atoms with E-state index in [1.807, 2.05) is 12.1 Å². The third kappa shape index (κ3) is 2.28. The van der Waals surface area contributed by atoms with E-state index in [1.54, 1.807) is 0 Å². The first-order valence-electron chi connectivity index (χ1n) is 5.56. The van der Waals surface area contributed by atoms with Gasteiger partial charge in [0.15, 0.2) is 0 Å². The Morgan fingerprint density at radius 2 is 2.06 bits per heavy atom. The van der Waals surface area contributed by atoms with Gasteiger partial charge in [0.05, 0.1) is 17.1 Å². The van der Waals surface area contributed by atoms with Crippen molar-refractivity contribution in [2.45, 2.75) is 25.1 Å². The van der Waals surface area contributed by atoms with Crippen LogP contribution in [0, 0.1) is 11.3 Å². The van der Waals surface area contributed by atoms with Gasteiger partial charge in [-0.25, -0.2) is 4.98 Å². The van der Waals surface area contributed by atoms with E-state index < -0.39 is 0 Å². The molecule has 0 unspecified atom stereocenters. The molecular formula is C12H14ClN3. The van der Waals surface area contributed by atoms with E-state index in [-0.39, 0.29) is 0 Å². The molecule has 0 aliphatic carbocycles. The van der Waals surface area contributed by atoms with Gasteiger partial charge in [0.25, 0.3) is 0 Å². The number of hydrogen-bond acceptors (Lipinski definition) is 3. The van der Waals surface area contributed by atoms with E-state index in [9.17, 15) is 0 Å². The Bertz CT molecular complexity index is 405. The summed E-state index contributed by atoms with van der Waals surface area (Å²) in [6.07, 6.45) is 3.63.